The Morgan fingerprint density at radius 1 is 1.12 bits per heavy atom. The van der Waals surface area contributed by atoms with Crippen LogP contribution in [0.15, 0.2) is 53.0 Å². The molecule has 24 heavy (non-hydrogen) atoms. The minimum absolute atomic E-state index is 0.111. The quantitative estimate of drug-likeness (QED) is 0.655. The van der Waals surface area contributed by atoms with Gasteiger partial charge in [0, 0.05) is 23.1 Å². The van der Waals surface area contributed by atoms with E-state index < -0.39 is 0 Å². The SMILES string of the molecule is CCN(CC)C(=O)Cn1c(-c2cccc(Br)c2)nc2ccccc21. The Hall–Kier alpha value is -2.14. The molecule has 0 unspecified atom stereocenters. The molecule has 3 rings (SSSR count). The summed E-state index contributed by atoms with van der Waals surface area (Å²) >= 11 is 3.51. The zero-order valence-corrected chi connectivity index (χ0v) is 15.5. The molecule has 5 heteroatoms. The van der Waals surface area contributed by atoms with Crippen molar-refractivity contribution in [1.82, 2.24) is 14.5 Å². The lowest BCUT2D eigenvalue weighted by atomic mass is 10.2. The lowest BCUT2D eigenvalue weighted by molar-refractivity contribution is -0.131. The number of aromatic nitrogens is 2. The van der Waals surface area contributed by atoms with Crippen molar-refractivity contribution in [2.75, 3.05) is 13.1 Å². The third kappa shape index (κ3) is 3.22. The van der Waals surface area contributed by atoms with Gasteiger partial charge >= 0.3 is 0 Å². The van der Waals surface area contributed by atoms with Crippen LogP contribution in [-0.2, 0) is 11.3 Å². The average Bonchev–Trinajstić information content (AvgIpc) is 2.95. The highest BCUT2D eigenvalue weighted by molar-refractivity contribution is 9.10. The van der Waals surface area contributed by atoms with E-state index in [9.17, 15) is 4.79 Å². The maximum absolute atomic E-state index is 12.6. The fraction of sp³-hybridized carbons (Fsp3) is 0.263. The summed E-state index contributed by atoms with van der Waals surface area (Å²) < 4.78 is 3.01. The molecule has 0 saturated carbocycles. The molecule has 3 aromatic rings. The van der Waals surface area contributed by atoms with Gasteiger partial charge in [-0.2, -0.15) is 0 Å². The molecule has 124 valence electrons. The van der Waals surface area contributed by atoms with Gasteiger partial charge in [-0.25, -0.2) is 4.98 Å². The Morgan fingerprint density at radius 2 is 1.88 bits per heavy atom. The van der Waals surface area contributed by atoms with Crippen LogP contribution in [0.4, 0.5) is 0 Å². The highest BCUT2D eigenvalue weighted by atomic mass is 79.9. The molecule has 1 amide bonds. The van der Waals surface area contributed by atoms with Gasteiger partial charge in [-0.05, 0) is 38.1 Å². The minimum Gasteiger partial charge on any atom is -0.342 e. The lowest BCUT2D eigenvalue weighted by Gasteiger charge is -2.20. The minimum atomic E-state index is 0.111. The number of para-hydroxylation sites is 2. The molecule has 0 aliphatic rings. The van der Waals surface area contributed by atoms with Gasteiger partial charge in [0.05, 0.1) is 11.0 Å². The van der Waals surface area contributed by atoms with E-state index in [0.717, 1.165) is 26.9 Å². The van der Waals surface area contributed by atoms with Gasteiger partial charge in [0.15, 0.2) is 0 Å². The maximum atomic E-state index is 12.6. The molecule has 0 bridgehead atoms. The monoisotopic (exact) mass is 385 g/mol. The maximum Gasteiger partial charge on any atom is 0.242 e. The van der Waals surface area contributed by atoms with Gasteiger partial charge in [0.25, 0.3) is 0 Å². The number of fused-ring (bicyclic) bond motifs is 1. The average molecular weight is 386 g/mol. The molecule has 0 fully saturated rings. The summed E-state index contributed by atoms with van der Waals surface area (Å²) in [5.74, 6) is 0.928. The van der Waals surface area contributed by atoms with E-state index in [-0.39, 0.29) is 5.91 Å². The van der Waals surface area contributed by atoms with Crippen molar-refractivity contribution in [3.63, 3.8) is 0 Å². The first-order chi connectivity index (χ1) is 11.6. The van der Waals surface area contributed by atoms with Crippen molar-refractivity contribution >= 4 is 32.9 Å². The van der Waals surface area contributed by atoms with E-state index in [1.165, 1.54) is 0 Å². The number of hydrogen-bond donors (Lipinski definition) is 0. The number of imidazole rings is 1. The van der Waals surface area contributed by atoms with Gasteiger partial charge in [-0.1, -0.05) is 40.2 Å². The second-order valence-electron chi connectivity index (χ2n) is 5.59. The first kappa shape index (κ1) is 16.7. The van der Waals surface area contributed by atoms with Crippen LogP contribution in [0.25, 0.3) is 22.4 Å². The zero-order chi connectivity index (χ0) is 17.1. The third-order valence-corrected chi connectivity index (χ3v) is 4.64. The van der Waals surface area contributed by atoms with E-state index in [4.69, 9.17) is 4.98 Å². The predicted octanol–water partition coefficient (Wildman–Crippen LogP) is 4.33. The topological polar surface area (TPSA) is 38.1 Å². The van der Waals surface area contributed by atoms with Gasteiger partial charge in [-0.15, -0.1) is 0 Å². The molecule has 0 aliphatic heterocycles. The van der Waals surface area contributed by atoms with Crippen LogP contribution in [0.3, 0.4) is 0 Å². The number of carbonyl (C=O) groups excluding carboxylic acids is 1. The normalized spacial score (nSPS) is 11.0. The summed E-state index contributed by atoms with van der Waals surface area (Å²) in [7, 11) is 0. The van der Waals surface area contributed by atoms with E-state index in [1.54, 1.807) is 0 Å². The third-order valence-electron chi connectivity index (χ3n) is 4.15. The molecule has 0 spiro atoms. The van der Waals surface area contributed by atoms with Crippen LogP contribution in [-0.4, -0.2) is 33.4 Å². The molecule has 0 atom stereocenters. The summed E-state index contributed by atoms with van der Waals surface area (Å²) in [5.41, 5.74) is 2.88. The molecule has 1 heterocycles. The fourth-order valence-electron chi connectivity index (χ4n) is 2.90. The standard InChI is InChI=1S/C19H20BrN3O/c1-3-22(4-2)18(24)13-23-17-11-6-5-10-16(17)21-19(23)14-8-7-9-15(20)12-14/h5-12H,3-4,13H2,1-2H3. The van der Waals surface area contributed by atoms with E-state index in [1.807, 2.05) is 71.8 Å². The van der Waals surface area contributed by atoms with Crippen LogP contribution in [0.5, 0.6) is 0 Å². The molecule has 0 saturated heterocycles. The number of halogens is 1. The molecule has 4 nitrogen and oxygen atoms in total. The van der Waals surface area contributed by atoms with Crippen molar-refractivity contribution in [3.05, 3.63) is 53.0 Å². The number of hydrogen-bond acceptors (Lipinski definition) is 2. The van der Waals surface area contributed by atoms with Crippen LogP contribution >= 0.6 is 15.9 Å². The fourth-order valence-corrected chi connectivity index (χ4v) is 3.29. The Bertz CT molecular complexity index is 868. The lowest BCUT2D eigenvalue weighted by Crippen LogP contribution is -2.33. The number of nitrogens with zero attached hydrogens (tertiary/aromatic N) is 3. The number of amides is 1. The highest BCUT2D eigenvalue weighted by Gasteiger charge is 2.17. The van der Waals surface area contributed by atoms with Gasteiger partial charge in [-0.3, -0.25) is 4.79 Å². The summed E-state index contributed by atoms with van der Waals surface area (Å²) in [6, 6.07) is 16.0. The van der Waals surface area contributed by atoms with Crippen LogP contribution < -0.4 is 0 Å². The Labute approximate surface area is 150 Å². The van der Waals surface area contributed by atoms with Crippen molar-refractivity contribution < 1.29 is 4.79 Å². The Kier molecular flexibility index (Phi) is 5.00. The predicted molar refractivity (Wildman–Crippen MR) is 101 cm³/mol. The van der Waals surface area contributed by atoms with E-state index >= 15 is 0 Å². The highest BCUT2D eigenvalue weighted by Crippen LogP contribution is 2.27. The Balaban J connectivity index is 2.11. The first-order valence-corrected chi connectivity index (χ1v) is 8.92. The number of carbonyl (C=O) groups is 1. The summed E-state index contributed by atoms with van der Waals surface area (Å²) in [5, 5.41) is 0. The van der Waals surface area contributed by atoms with Crippen LogP contribution in [0.1, 0.15) is 13.8 Å². The van der Waals surface area contributed by atoms with Gasteiger partial charge in [0.1, 0.15) is 12.4 Å². The molecule has 0 aliphatic carbocycles. The van der Waals surface area contributed by atoms with Crippen LogP contribution in [0.2, 0.25) is 0 Å². The summed E-state index contributed by atoms with van der Waals surface area (Å²) in [4.78, 5) is 19.2. The number of likely N-dealkylation sites (N-methyl/N-ethyl adjacent to an activating group) is 1. The molecule has 0 N–H and O–H groups in total. The largest absolute Gasteiger partial charge is 0.342 e. The molecule has 0 radical (unpaired) electrons. The van der Waals surface area contributed by atoms with E-state index in [2.05, 4.69) is 15.9 Å². The zero-order valence-electron chi connectivity index (χ0n) is 13.9. The second-order valence-corrected chi connectivity index (χ2v) is 6.50. The number of rotatable bonds is 5. The smallest absolute Gasteiger partial charge is 0.242 e. The number of benzene rings is 2. The first-order valence-electron chi connectivity index (χ1n) is 8.13. The second kappa shape index (κ2) is 7.18. The molecular formula is C19H20BrN3O. The molecular weight excluding hydrogens is 366 g/mol. The van der Waals surface area contributed by atoms with Crippen molar-refractivity contribution in [1.29, 1.82) is 0 Å². The molecule has 2 aromatic carbocycles. The Morgan fingerprint density at radius 3 is 2.58 bits per heavy atom. The van der Waals surface area contributed by atoms with Crippen molar-refractivity contribution in [2.24, 2.45) is 0 Å². The summed E-state index contributed by atoms with van der Waals surface area (Å²) in [6.45, 7) is 5.73. The molecule has 1 aromatic heterocycles. The van der Waals surface area contributed by atoms with Crippen LogP contribution in [0, 0.1) is 0 Å². The van der Waals surface area contributed by atoms with Gasteiger partial charge < -0.3 is 9.47 Å². The summed E-state index contributed by atoms with van der Waals surface area (Å²) in [6.07, 6.45) is 0. The van der Waals surface area contributed by atoms with Crippen molar-refractivity contribution in [3.8, 4) is 11.4 Å². The van der Waals surface area contributed by atoms with E-state index in [0.29, 0.717) is 19.6 Å². The van der Waals surface area contributed by atoms with Crippen molar-refractivity contribution in [2.45, 2.75) is 20.4 Å². The van der Waals surface area contributed by atoms with Gasteiger partial charge in [0.2, 0.25) is 5.91 Å².